The van der Waals surface area contributed by atoms with Crippen LogP contribution >= 0.6 is 0 Å². The third-order valence-electron chi connectivity index (χ3n) is 5.44. The number of anilines is 1. The van der Waals surface area contributed by atoms with Gasteiger partial charge in [0.1, 0.15) is 0 Å². The summed E-state index contributed by atoms with van der Waals surface area (Å²) in [6.45, 7) is 0. The Balaban J connectivity index is 1.65. The molecule has 0 aliphatic rings. The minimum atomic E-state index is -4.44. The molecule has 0 aliphatic heterocycles. The van der Waals surface area contributed by atoms with Crippen LogP contribution in [0.4, 0.5) is 5.95 Å². The highest BCUT2D eigenvalue weighted by Gasteiger charge is 2.30. The van der Waals surface area contributed by atoms with Crippen LogP contribution < -0.4 is 4.72 Å². The van der Waals surface area contributed by atoms with Gasteiger partial charge in [-0.25, -0.2) is 30.0 Å². The van der Waals surface area contributed by atoms with Crippen LogP contribution in [0.15, 0.2) is 128 Å². The van der Waals surface area contributed by atoms with Gasteiger partial charge in [0.2, 0.25) is 25.6 Å². The molecule has 13 heteroatoms. The van der Waals surface area contributed by atoms with Crippen molar-refractivity contribution in [3.63, 3.8) is 0 Å². The number of benzene rings is 4. The third kappa shape index (κ3) is 4.86. The molecule has 0 saturated heterocycles. The van der Waals surface area contributed by atoms with Crippen molar-refractivity contribution in [3.8, 4) is 0 Å². The second kappa shape index (κ2) is 9.59. The first-order chi connectivity index (χ1) is 18.1. The lowest BCUT2D eigenvalue weighted by Crippen LogP contribution is -2.20. The van der Waals surface area contributed by atoms with Gasteiger partial charge in [0, 0.05) is 0 Å². The van der Waals surface area contributed by atoms with E-state index in [1.165, 1.54) is 60.7 Å². The van der Waals surface area contributed by atoms with Gasteiger partial charge in [-0.1, -0.05) is 66.7 Å². The first-order valence-corrected chi connectivity index (χ1v) is 15.4. The van der Waals surface area contributed by atoms with Gasteiger partial charge >= 0.3 is 0 Å². The predicted octanol–water partition coefficient (Wildman–Crippen LogP) is 3.49. The molecule has 38 heavy (non-hydrogen) atoms. The largest absolute Gasteiger partial charge is 0.264 e. The Morgan fingerprint density at radius 2 is 0.947 bits per heavy atom. The topological polar surface area (TPSA) is 153 Å². The lowest BCUT2D eigenvalue weighted by molar-refractivity contribution is 0.570. The fourth-order valence-electron chi connectivity index (χ4n) is 3.55. The quantitative estimate of drug-likeness (QED) is 0.312. The third-order valence-corrected chi connectivity index (χ3v) is 9.88. The number of hydrogen-bond acceptors (Lipinski definition) is 9. The Bertz CT molecular complexity index is 1900. The highest BCUT2D eigenvalue weighted by atomic mass is 32.2. The molecule has 0 amide bonds. The molecule has 1 heterocycles. The van der Waals surface area contributed by atoms with E-state index in [0.29, 0.717) is 5.39 Å². The Morgan fingerprint density at radius 3 is 1.47 bits per heavy atom. The summed E-state index contributed by atoms with van der Waals surface area (Å²) in [5.41, 5.74) is 0. The summed E-state index contributed by atoms with van der Waals surface area (Å²) in [6.07, 6.45) is 0. The Morgan fingerprint density at radius 1 is 0.474 bits per heavy atom. The zero-order chi connectivity index (χ0) is 27.0. The second-order valence-corrected chi connectivity index (χ2v) is 13.3. The van der Waals surface area contributed by atoms with Crippen LogP contribution in [-0.2, 0) is 29.7 Å². The number of hydrogen-bond donors (Lipinski definition) is 1. The molecule has 10 nitrogen and oxygen atoms in total. The molecule has 1 N–H and O–H groups in total. The minimum absolute atomic E-state index is 0.156. The number of nitrogens with one attached hydrogen (secondary N) is 1. The molecule has 0 radical (unpaired) electrons. The van der Waals surface area contributed by atoms with Crippen LogP contribution in [-0.4, -0.2) is 40.2 Å². The lowest BCUT2D eigenvalue weighted by Gasteiger charge is -2.11. The van der Waals surface area contributed by atoms with Crippen molar-refractivity contribution in [2.24, 2.45) is 0 Å². The van der Waals surface area contributed by atoms with E-state index >= 15 is 0 Å². The average Bonchev–Trinajstić information content (AvgIpc) is 2.93. The van der Waals surface area contributed by atoms with Crippen LogP contribution in [0.2, 0.25) is 0 Å². The van der Waals surface area contributed by atoms with Crippen molar-refractivity contribution < 1.29 is 25.3 Å². The minimum Gasteiger partial charge on any atom is -0.247 e. The van der Waals surface area contributed by atoms with E-state index in [9.17, 15) is 25.3 Å². The van der Waals surface area contributed by atoms with Gasteiger partial charge in [0.05, 0.1) is 14.7 Å². The molecule has 0 atom stereocenters. The monoisotopic (exact) mass is 566 g/mol. The Labute approximate surface area is 219 Å². The van der Waals surface area contributed by atoms with E-state index in [-0.39, 0.29) is 14.7 Å². The van der Waals surface area contributed by atoms with Crippen LogP contribution in [0.5, 0.6) is 0 Å². The van der Waals surface area contributed by atoms with Gasteiger partial charge in [-0.15, -0.1) is 0 Å². The van der Waals surface area contributed by atoms with Gasteiger partial charge in [0.25, 0.3) is 20.3 Å². The van der Waals surface area contributed by atoms with Crippen LogP contribution in [0, 0.1) is 0 Å². The standard InChI is InChI=1S/C25H18N4O6S3/c30-36(31,20-11-3-1-4-12-20)24-26-23(27-25(28-24)37(32,33)21-13-5-2-6-14-21)29-38(34,35)22-16-15-18-9-7-8-10-19(18)17-22/h1-17H,(H,26,27,28,29). The average molecular weight is 567 g/mol. The summed E-state index contributed by atoms with van der Waals surface area (Å²) in [4.78, 5) is 10.8. The number of rotatable bonds is 7. The van der Waals surface area contributed by atoms with Gasteiger partial charge < -0.3 is 0 Å². The maximum Gasteiger partial charge on any atom is 0.264 e. The zero-order valence-electron chi connectivity index (χ0n) is 19.3. The number of aromatic nitrogens is 3. The van der Waals surface area contributed by atoms with Gasteiger partial charge in [-0.2, -0.15) is 15.0 Å². The highest BCUT2D eigenvalue weighted by molar-refractivity contribution is 7.93. The molecule has 5 rings (SSSR count). The summed E-state index contributed by atoms with van der Waals surface area (Å²) in [5.74, 6) is -0.767. The number of fused-ring (bicyclic) bond motifs is 1. The summed E-state index contributed by atoms with van der Waals surface area (Å²) >= 11 is 0. The van der Waals surface area contributed by atoms with Gasteiger partial charge in [0.15, 0.2) is 0 Å². The molecule has 4 aromatic carbocycles. The van der Waals surface area contributed by atoms with E-state index in [1.54, 1.807) is 30.3 Å². The smallest absolute Gasteiger partial charge is 0.247 e. The highest BCUT2D eigenvalue weighted by Crippen LogP contribution is 2.25. The molecule has 0 saturated carbocycles. The SMILES string of the molecule is O=S(=O)(Nc1nc(S(=O)(=O)c2ccccc2)nc(S(=O)(=O)c2ccccc2)n1)c1ccc2ccccc2c1. The molecule has 0 unspecified atom stereocenters. The molecule has 0 spiro atoms. The van der Waals surface area contributed by atoms with Crippen molar-refractivity contribution in [3.05, 3.63) is 103 Å². The maximum absolute atomic E-state index is 13.3. The van der Waals surface area contributed by atoms with Crippen molar-refractivity contribution in [2.75, 3.05) is 4.72 Å². The summed E-state index contributed by atoms with van der Waals surface area (Å²) in [7, 11) is -13.2. The number of sulfonamides is 1. The van der Waals surface area contributed by atoms with Gasteiger partial charge in [-0.3, -0.25) is 0 Å². The molecular weight excluding hydrogens is 548 g/mol. The fraction of sp³-hybridized carbons (Fsp3) is 0. The number of nitrogens with zero attached hydrogens (tertiary/aromatic N) is 3. The molecule has 0 fully saturated rings. The molecule has 0 bridgehead atoms. The van der Waals surface area contributed by atoms with Crippen molar-refractivity contribution in [1.82, 2.24) is 15.0 Å². The Hall–Kier alpha value is -4.20. The first kappa shape index (κ1) is 25.4. The van der Waals surface area contributed by atoms with Crippen molar-refractivity contribution >= 4 is 46.4 Å². The molecule has 0 aliphatic carbocycles. The van der Waals surface area contributed by atoms with E-state index in [4.69, 9.17) is 0 Å². The van der Waals surface area contributed by atoms with Crippen LogP contribution in [0.3, 0.4) is 0 Å². The predicted molar refractivity (Wildman–Crippen MR) is 138 cm³/mol. The van der Waals surface area contributed by atoms with Crippen molar-refractivity contribution in [2.45, 2.75) is 25.0 Å². The summed E-state index contributed by atoms with van der Waals surface area (Å²) < 4.78 is 81.5. The lowest BCUT2D eigenvalue weighted by atomic mass is 10.1. The zero-order valence-corrected chi connectivity index (χ0v) is 21.8. The van der Waals surface area contributed by atoms with Gasteiger partial charge in [-0.05, 0) is 47.2 Å². The normalized spacial score (nSPS) is 12.3. The van der Waals surface area contributed by atoms with Crippen LogP contribution in [0.1, 0.15) is 0 Å². The van der Waals surface area contributed by atoms with E-state index in [2.05, 4.69) is 19.7 Å². The Kier molecular flexibility index (Phi) is 6.42. The first-order valence-electron chi connectivity index (χ1n) is 11.0. The maximum atomic E-state index is 13.3. The van der Waals surface area contributed by atoms with Crippen molar-refractivity contribution in [1.29, 1.82) is 0 Å². The van der Waals surface area contributed by atoms with E-state index < -0.39 is 46.0 Å². The molecule has 5 aromatic rings. The molecule has 1 aromatic heterocycles. The molecular formula is C25H18N4O6S3. The van der Waals surface area contributed by atoms with Crippen LogP contribution in [0.25, 0.3) is 10.8 Å². The molecule has 192 valence electrons. The van der Waals surface area contributed by atoms with E-state index in [0.717, 1.165) is 5.39 Å². The van der Waals surface area contributed by atoms with E-state index in [1.807, 2.05) is 12.1 Å². The summed E-state index contributed by atoms with van der Waals surface area (Å²) in [5, 5.41) is -0.404. The fourth-order valence-corrected chi connectivity index (χ4v) is 6.86. The second-order valence-electron chi connectivity index (χ2n) is 7.97. The summed E-state index contributed by atoms with van der Waals surface area (Å²) in [6, 6.07) is 25.7. The number of sulfone groups is 2.